The Morgan fingerprint density at radius 1 is 1.03 bits per heavy atom. The maximum Gasteiger partial charge on any atom is 0.226 e. The van der Waals surface area contributed by atoms with Crippen molar-refractivity contribution in [3.8, 4) is 0 Å². The van der Waals surface area contributed by atoms with E-state index in [1.165, 1.54) is 19.3 Å². The van der Waals surface area contributed by atoms with Crippen LogP contribution in [0.5, 0.6) is 0 Å². The van der Waals surface area contributed by atoms with E-state index in [-0.39, 0.29) is 17.9 Å². The Morgan fingerprint density at radius 2 is 1.63 bits per heavy atom. The second kappa shape index (κ2) is 10.0. The van der Waals surface area contributed by atoms with Gasteiger partial charge in [-0.3, -0.25) is 4.79 Å². The van der Waals surface area contributed by atoms with Gasteiger partial charge in [0, 0.05) is 18.5 Å². The Hall–Kier alpha value is -1.04. The average Bonchev–Trinajstić information content (AvgIpc) is 3.25. The first kappa shape index (κ1) is 25.6. The van der Waals surface area contributed by atoms with Crippen molar-refractivity contribution in [2.24, 2.45) is 23.2 Å². The fourth-order valence-corrected chi connectivity index (χ4v) is 7.78. The molecule has 6 fully saturated rings. The minimum atomic E-state index is -0.938. The van der Waals surface area contributed by atoms with Crippen molar-refractivity contribution in [3.05, 3.63) is 0 Å². The number of aliphatic hydroxyl groups is 2. The van der Waals surface area contributed by atoms with Gasteiger partial charge in [0.15, 0.2) is 17.2 Å². The quantitative estimate of drug-likeness (QED) is 0.229. The third kappa shape index (κ3) is 5.33. The third-order valence-electron chi connectivity index (χ3n) is 8.66. The van der Waals surface area contributed by atoms with E-state index in [2.05, 4.69) is 16.0 Å². The molecule has 0 aromatic carbocycles. The smallest absolute Gasteiger partial charge is 0.226 e. The first-order valence-corrected chi connectivity index (χ1v) is 13.7. The second-order valence-corrected chi connectivity index (χ2v) is 12.3. The number of nitrogens with one attached hydrogen (secondary N) is 3. The Bertz CT molecular complexity index is 775. The maximum absolute atomic E-state index is 13.0. The molecule has 6 aliphatic rings. The molecule has 2 heterocycles. The van der Waals surface area contributed by atoms with E-state index in [1.807, 2.05) is 0 Å². The van der Waals surface area contributed by atoms with Crippen LogP contribution in [0.1, 0.15) is 65.2 Å². The van der Waals surface area contributed by atoms with Crippen molar-refractivity contribution >= 4 is 23.2 Å². The highest BCUT2D eigenvalue weighted by atomic mass is 32.1. The summed E-state index contributed by atoms with van der Waals surface area (Å²) in [5.41, 5.74) is -0.0883. The molecule has 198 valence electrons. The molecule has 6 rings (SSSR count). The Balaban J connectivity index is 0.981. The van der Waals surface area contributed by atoms with E-state index in [0.717, 1.165) is 49.9 Å². The first-order chi connectivity index (χ1) is 16.7. The van der Waals surface area contributed by atoms with Crippen LogP contribution in [-0.2, 0) is 19.0 Å². The van der Waals surface area contributed by atoms with Crippen LogP contribution < -0.4 is 16.0 Å². The van der Waals surface area contributed by atoms with Gasteiger partial charge in [0.2, 0.25) is 5.91 Å². The Morgan fingerprint density at radius 3 is 2.20 bits per heavy atom. The van der Waals surface area contributed by atoms with Crippen LogP contribution in [0.2, 0.25) is 0 Å². The molecule has 0 aromatic heterocycles. The van der Waals surface area contributed by atoms with Gasteiger partial charge in [0.25, 0.3) is 0 Å². The monoisotopic (exact) mass is 511 g/mol. The van der Waals surface area contributed by atoms with Crippen LogP contribution in [-0.4, -0.2) is 77.4 Å². The van der Waals surface area contributed by atoms with Gasteiger partial charge in [-0.25, -0.2) is 0 Å². The van der Waals surface area contributed by atoms with Gasteiger partial charge in [-0.15, -0.1) is 0 Å². The first-order valence-electron chi connectivity index (χ1n) is 13.3. The molecule has 2 saturated heterocycles. The molecular weight excluding hydrogens is 470 g/mol. The summed E-state index contributed by atoms with van der Waals surface area (Å²) in [4.78, 5) is 13.0. The van der Waals surface area contributed by atoms with Crippen molar-refractivity contribution in [3.63, 3.8) is 0 Å². The van der Waals surface area contributed by atoms with E-state index >= 15 is 0 Å². The number of fused-ring (bicyclic) bond motifs is 1. The molecule has 0 spiro atoms. The summed E-state index contributed by atoms with van der Waals surface area (Å²) in [7, 11) is 0. The van der Waals surface area contributed by atoms with Gasteiger partial charge in [-0.2, -0.15) is 0 Å². The van der Waals surface area contributed by atoms with Crippen molar-refractivity contribution < 1.29 is 29.2 Å². The van der Waals surface area contributed by atoms with E-state index in [4.69, 9.17) is 26.4 Å². The average molecular weight is 512 g/mol. The van der Waals surface area contributed by atoms with Crippen molar-refractivity contribution in [1.29, 1.82) is 0 Å². The lowest BCUT2D eigenvalue weighted by atomic mass is 9.49. The molecule has 0 aromatic rings. The lowest BCUT2D eigenvalue weighted by Crippen LogP contribution is -2.54. The van der Waals surface area contributed by atoms with E-state index in [0.29, 0.717) is 18.2 Å². The molecule has 9 nitrogen and oxygen atoms in total. The van der Waals surface area contributed by atoms with Crippen molar-refractivity contribution in [2.75, 3.05) is 19.7 Å². The number of amides is 1. The van der Waals surface area contributed by atoms with E-state index in [9.17, 15) is 15.0 Å². The zero-order valence-corrected chi connectivity index (χ0v) is 21.6. The van der Waals surface area contributed by atoms with E-state index < -0.39 is 36.4 Å². The summed E-state index contributed by atoms with van der Waals surface area (Å²) >= 11 is 5.37. The summed E-state index contributed by atoms with van der Waals surface area (Å²) in [6, 6.07) is -0.592. The van der Waals surface area contributed by atoms with Gasteiger partial charge < -0.3 is 40.4 Å². The minimum Gasteiger partial charge on any atom is -0.394 e. The van der Waals surface area contributed by atoms with Crippen molar-refractivity contribution in [2.45, 2.75) is 102 Å². The van der Waals surface area contributed by atoms with Crippen LogP contribution in [0.3, 0.4) is 0 Å². The number of hydrogen-bond donors (Lipinski definition) is 5. The van der Waals surface area contributed by atoms with Gasteiger partial charge in [-0.05, 0) is 95.2 Å². The number of aliphatic hydroxyl groups excluding tert-OH is 2. The van der Waals surface area contributed by atoms with Crippen LogP contribution >= 0.6 is 12.2 Å². The Kier molecular flexibility index (Phi) is 7.33. The standard InChI is InChI=1S/C25H41N3O6S/c1-24(2)33-20-18(30)19(32-21(20)34-24)17(13-29)28-23(35)27-6-4-3-5-26-22(31)25-10-14-7-15(11-25)9-16(8-14)12-25/h14-21,29-30H,3-13H2,1-2H3,(H,26,31)(H2,27,28,35)/t14?,15?,16?,17-,18+,19-,20-,21-,25?/m1/s1. The van der Waals surface area contributed by atoms with Gasteiger partial charge in [0.1, 0.15) is 18.3 Å². The molecular formula is C25H41N3O6S. The van der Waals surface area contributed by atoms with Crippen LogP contribution in [0.15, 0.2) is 0 Å². The zero-order valence-electron chi connectivity index (χ0n) is 20.8. The van der Waals surface area contributed by atoms with Gasteiger partial charge >= 0.3 is 0 Å². The molecule has 4 aliphatic carbocycles. The predicted molar refractivity (Wildman–Crippen MR) is 132 cm³/mol. The Labute approximate surface area is 213 Å². The normalized spacial score (nSPS) is 41.4. The molecule has 0 unspecified atom stereocenters. The highest BCUT2D eigenvalue weighted by molar-refractivity contribution is 7.80. The molecule has 0 radical (unpaired) electrons. The molecule has 1 amide bonds. The van der Waals surface area contributed by atoms with Crippen LogP contribution in [0.25, 0.3) is 0 Å². The summed E-state index contributed by atoms with van der Waals surface area (Å²) in [6.07, 6.45) is 6.13. The molecule has 10 heteroatoms. The minimum absolute atomic E-state index is 0.0883. The highest BCUT2D eigenvalue weighted by Gasteiger charge is 2.56. The SMILES string of the molecule is CC1(C)O[C@H]2O[C@H]([C@@H](CO)NC(=S)NCCCCNC(=O)C34CC5CC(CC(C5)C3)C4)[C@H](O)[C@H]2O1. The summed E-state index contributed by atoms with van der Waals surface area (Å²) < 4.78 is 17.2. The molecule has 2 aliphatic heterocycles. The highest BCUT2D eigenvalue weighted by Crippen LogP contribution is 2.60. The summed E-state index contributed by atoms with van der Waals surface area (Å²) in [5, 5.41) is 30.2. The molecule has 4 saturated carbocycles. The number of carbonyl (C=O) groups excluding carboxylic acids is 1. The number of ether oxygens (including phenoxy) is 3. The fraction of sp³-hybridized carbons (Fsp3) is 0.920. The summed E-state index contributed by atoms with van der Waals surface area (Å²) in [6.45, 7) is 4.61. The fourth-order valence-electron chi connectivity index (χ4n) is 7.53. The lowest BCUT2D eigenvalue weighted by molar-refractivity contribution is -0.218. The van der Waals surface area contributed by atoms with Gasteiger partial charge in [0.05, 0.1) is 12.6 Å². The lowest BCUT2D eigenvalue weighted by Gasteiger charge is -2.55. The topological polar surface area (TPSA) is 121 Å². The maximum atomic E-state index is 13.0. The predicted octanol–water partition coefficient (Wildman–Crippen LogP) is 1.16. The van der Waals surface area contributed by atoms with Crippen LogP contribution in [0, 0.1) is 23.2 Å². The van der Waals surface area contributed by atoms with E-state index in [1.54, 1.807) is 13.8 Å². The zero-order chi connectivity index (χ0) is 24.8. The second-order valence-electron chi connectivity index (χ2n) is 11.9. The largest absolute Gasteiger partial charge is 0.394 e. The number of rotatable bonds is 9. The van der Waals surface area contributed by atoms with Crippen LogP contribution in [0.4, 0.5) is 0 Å². The van der Waals surface area contributed by atoms with Gasteiger partial charge in [-0.1, -0.05) is 0 Å². The number of thiocarbonyl (C=S) groups is 1. The number of unbranched alkanes of at least 4 members (excludes halogenated alkanes) is 1. The summed E-state index contributed by atoms with van der Waals surface area (Å²) in [5.74, 6) is 1.79. The third-order valence-corrected chi connectivity index (χ3v) is 8.92. The number of carbonyl (C=O) groups is 1. The molecule has 4 bridgehead atoms. The number of hydrogen-bond acceptors (Lipinski definition) is 7. The molecule has 35 heavy (non-hydrogen) atoms. The van der Waals surface area contributed by atoms with Crippen molar-refractivity contribution in [1.82, 2.24) is 16.0 Å². The molecule has 5 N–H and O–H groups in total. The molecule has 5 atom stereocenters.